The van der Waals surface area contributed by atoms with Gasteiger partial charge in [-0.2, -0.15) is 18.3 Å². The average molecular weight is 490 g/mol. The molecule has 0 bridgehead atoms. The molecule has 0 atom stereocenters. The minimum absolute atomic E-state index is 0.0343. The van der Waals surface area contributed by atoms with Crippen LogP contribution in [0.5, 0.6) is 5.75 Å². The van der Waals surface area contributed by atoms with Crippen LogP contribution in [-0.4, -0.2) is 38.7 Å². The second-order valence-corrected chi connectivity index (χ2v) is 8.52. The summed E-state index contributed by atoms with van der Waals surface area (Å²) in [6.45, 7) is 3.31. The molecule has 34 heavy (non-hydrogen) atoms. The quantitative estimate of drug-likeness (QED) is 0.406. The van der Waals surface area contributed by atoms with E-state index in [0.29, 0.717) is 26.3 Å². The predicted octanol–water partition coefficient (Wildman–Crippen LogP) is 5.05. The highest BCUT2D eigenvalue weighted by molar-refractivity contribution is 7.16. The van der Waals surface area contributed by atoms with E-state index in [-0.39, 0.29) is 27.6 Å². The maximum absolute atomic E-state index is 13.8. The number of anilines is 1. The fourth-order valence-corrected chi connectivity index (χ4v) is 4.38. The number of thiophene rings is 1. The first-order chi connectivity index (χ1) is 16.0. The predicted molar refractivity (Wildman–Crippen MR) is 119 cm³/mol. The summed E-state index contributed by atoms with van der Waals surface area (Å²) >= 11 is 1.06. The van der Waals surface area contributed by atoms with Crippen molar-refractivity contribution in [1.82, 2.24) is 14.6 Å². The van der Waals surface area contributed by atoms with Gasteiger partial charge < -0.3 is 15.2 Å². The molecule has 0 spiro atoms. The van der Waals surface area contributed by atoms with E-state index in [1.54, 1.807) is 38.1 Å². The molecular formula is C22H17F3N4O4S. The average Bonchev–Trinajstić information content (AvgIpc) is 3.33. The molecule has 0 radical (unpaired) electrons. The van der Waals surface area contributed by atoms with Gasteiger partial charge in [-0.15, -0.1) is 11.3 Å². The molecule has 0 fully saturated rings. The van der Waals surface area contributed by atoms with Gasteiger partial charge in [-0.05, 0) is 49.7 Å². The number of alkyl halides is 3. The lowest BCUT2D eigenvalue weighted by atomic mass is 10.1. The number of carboxylic acid groups (broad SMARTS) is 1. The van der Waals surface area contributed by atoms with Crippen molar-refractivity contribution in [2.24, 2.45) is 0 Å². The van der Waals surface area contributed by atoms with Crippen LogP contribution in [0.2, 0.25) is 0 Å². The van der Waals surface area contributed by atoms with Crippen LogP contribution in [0.25, 0.3) is 16.9 Å². The molecule has 0 saturated heterocycles. The molecule has 4 aromatic rings. The number of hydrogen-bond donors (Lipinski definition) is 2. The van der Waals surface area contributed by atoms with Crippen molar-refractivity contribution in [2.75, 3.05) is 12.4 Å². The van der Waals surface area contributed by atoms with Crippen molar-refractivity contribution >= 4 is 33.9 Å². The van der Waals surface area contributed by atoms with E-state index < -0.39 is 23.7 Å². The molecule has 3 heterocycles. The van der Waals surface area contributed by atoms with Crippen molar-refractivity contribution in [3.8, 4) is 17.0 Å². The van der Waals surface area contributed by atoms with Crippen molar-refractivity contribution in [3.63, 3.8) is 0 Å². The first kappa shape index (κ1) is 23.2. The number of methoxy groups -OCH3 is 1. The Morgan fingerprint density at radius 3 is 2.41 bits per heavy atom. The molecule has 0 unspecified atom stereocenters. The Morgan fingerprint density at radius 2 is 1.82 bits per heavy atom. The number of fused-ring (bicyclic) bond motifs is 1. The molecule has 0 aliphatic heterocycles. The van der Waals surface area contributed by atoms with Gasteiger partial charge in [0, 0.05) is 16.5 Å². The highest BCUT2D eigenvalue weighted by atomic mass is 32.1. The number of hydrogen-bond acceptors (Lipinski definition) is 6. The first-order valence-corrected chi connectivity index (χ1v) is 10.6. The van der Waals surface area contributed by atoms with Crippen LogP contribution < -0.4 is 10.1 Å². The maximum atomic E-state index is 13.8. The van der Waals surface area contributed by atoms with Gasteiger partial charge >= 0.3 is 12.1 Å². The summed E-state index contributed by atoms with van der Waals surface area (Å²) in [4.78, 5) is 29.3. The van der Waals surface area contributed by atoms with Gasteiger partial charge in [0.2, 0.25) is 0 Å². The summed E-state index contributed by atoms with van der Waals surface area (Å²) in [7, 11) is 1.47. The van der Waals surface area contributed by atoms with Crippen molar-refractivity contribution < 1.29 is 32.6 Å². The summed E-state index contributed by atoms with van der Waals surface area (Å²) in [5, 5.41) is 15.8. The Hall–Kier alpha value is -3.93. The van der Waals surface area contributed by atoms with E-state index in [0.717, 1.165) is 23.5 Å². The summed E-state index contributed by atoms with van der Waals surface area (Å²) < 4.78 is 47.0. The Morgan fingerprint density at radius 1 is 1.15 bits per heavy atom. The largest absolute Gasteiger partial charge is 0.497 e. The molecule has 3 aromatic heterocycles. The van der Waals surface area contributed by atoms with Gasteiger partial charge in [0.05, 0.1) is 18.4 Å². The number of carbonyl (C=O) groups is 2. The fourth-order valence-electron chi connectivity index (χ4n) is 3.34. The van der Waals surface area contributed by atoms with E-state index in [4.69, 9.17) is 4.74 Å². The van der Waals surface area contributed by atoms with Gasteiger partial charge in [0.25, 0.3) is 5.91 Å². The van der Waals surface area contributed by atoms with Crippen molar-refractivity contribution in [2.45, 2.75) is 20.0 Å². The highest BCUT2D eigenvalue weighted by Crippen LogP contribution is 2.34. The summed E-state index contributed by atoms with van der Waals surface area (Å²) in [5.41, 5.74) is -0.781. The maximum Gasteiger partial charge on any atom is 0.433 e. The molecule has 8 nitrogen and oxygen atoms in total. The van der Waals surface area contributed by atoms with Crippen molar-refractivity contribution in [3.05, 3.63) is 63.8 Å². The highest BCUT2D eigenvalue weighted by Gasteiger charge is 2.36. The number of benzene rings is 1. The standard InChI is InChI=1S/C22H17F3N4O4S/c1-10-11(2)34-20(18(10)21(31)32)27-19(30)15-9-17-26-14(12-4-6-13(33-3)7-5-12)8-16(22(23,24)25)29(17)28-15/h4-9H,1-3H3,(H,27,30)(H,31,32). The Bertz CT molecular complexity index is 1420. The molecule has 0 aliphatic carbocycles. The van der Waals surface area contributed by atoms with Crippen LogP contribution in [0, 0.1) is 13.8 Å². The van der Waals surface area contributed by atoms with Crippen LogP contribution in [0.4, 0.5) is 18.2 Å². The van der Waals surface area contributed by atoms with E-state index in [9.17, 15) is 27.9 Å². The number of aromatic nitrogens is 3. The Balaban J connectivity index is 1.78. The number of halogens is 3. The minimum Gasteiger partial charge on any atom is -0.497 e. The number of nitrogens with zero attached hydrogens (tertiary/aromatic N) is 3. The molecule has 176 valence electrons. The lowest BCUT2D eigenvalue weighted by Gasteiger charge is -2.11. The normalized spacial score (nSPS) is 11.6. The lowest BCUT2D eigenvalue weighted by Crippen LogP contribution is -2.16. The zero-order valence-corrected chi connectivity index (χ0v) is 18.8. The van der Waals surface area contributed by atoms with Gasteiger partial charge in [0.15, 0.2) is 17.0 Å². The van der Waals surface area contributed by atoms with Gasteiger partial charge in [-0.3, -0.25) is 4.79 Å². The lowest BCUT2D eigenvalue weighted by molar-refractivity contribution is -0.142. The summed E-state index contributed by atoms with van der Waals surface area (Å²) in [6.07, 6.45) is -4.78. The molecule has 4 rings (SSSR count). The minimum atomic E-state index is -4.78. The molecule has 2 N–H and O–H groups in total. The second kappa shape index (κ2) is 8.45. The monoisotopic (exact) mass is 490 g/mol. The van der Waals surface area contributed by atoms with Crippen LogP contribution >= 0.6 is 11.3 Å². The molecular weight excluding hydrogens is 473 g/mol. The van der Waals surface area contributed by atoms with Crippen LogP contribution in [0.1, 0.15) is 37.0 Å². The fraction of sp³-hybridized carbons (Fsp3) is 0.182. The molecule has 12 heteroatoms. The van der Waals surface area contributed by atoms with E-state index in [1.807, 2.05) is 0 Å². The summed E-state index contributed by atoms with van der Waals surface area (Å²) in [6, 6.07) is 8.28. The van der Waals surface area contributed by atoms with Crippen LogP contribution in [0.3, 0.4) is 0 Å². The first-order valence-electron chi connectivity index (χ1n) is 9.76. The van der Waals surface area contributed by atoms with Gasteiger partial charge in [-0.1, -0.05) is 0 Å². The van der Waals surface area contributed by atoms with Crippen LogP contribution in [-0.2, 0) is 6.18 Å². The van der Waals surface area contributed by atoms with E-state index >= 15 is 0 Å². The zero-order valence-electron chi connectivity index (χ0n) is 18.0. The number of aryl methyl sites for hydroxylation is 1. The topological polar surface area (TPSA) is 106 Å². The Labute approximate surface area is 194 Å². The number of nitrogens with one attached hydrogen (secondary N) is 1. The summed E-state index contributed by atoms with van der Waals surface area (Å²) in [5.74, 6) is -1.55. The number of rotatable bonds is 5. The Kier molecular flexibility index (Phi) is 5.77. The number of carboxylic acids is 1. The second-order valence-electron chi connectivity index (χ2n) is 7.30. The number of ether oxygens (including phenoxy) is 1. The number of amides is 1. The van der Waals surface area contributed by atoms with Gasteiger partial charge in [0.1, 0.15) is 10.8 Å². The molecule has 0 aliphatic rings. The molecule has 1 amide bonds. The number of carbonyl (C=O) groups excluding carboxylic acids is 1. The van der Waals surface area contributed by atoms with E-state index in [2.05, 4.69) is 15.4 Å². The smallest absolute Gasteiger partial charge is 0.433 e. The van der Waals surface area contributed by atoms with Crippen molar-refractivity contribution in [1.29, 1.82) is 0 Å². The van der Waals surface area contributed by atoms with E-state index in [1.165, 1.54) is 7.11 Å². The SMILES string of the molecule is COc1ccc(-c2cc(C(F)(F)F)n3nc(C(=O)Nc4sc(C)c(C)c4C(=O)O)cc3n2)cc1. The van der Waals surface area contributed by atoms with Crippen LogP contribution in [0.15, 0.2) is 36.4 Å². The van der Waals surface area contributed by atoms with Gasteiger partial charge in [-0.25, -0.2) is 14.3 Å². The third kappa shape index (κ3) is 4.19. The number of aromatic carboxylic acids is 1. The zero-order chi connectivity index (χ0) is 24.8. The third-order valence-electron chi connectivity index (χ3n) is 5.16. The molecule has 0 saturated carbocycles. The third-order valence-corrected chi connectivity index (χ3v) is 6.28. The molecule has 1 aromatic carbocycles.